The van der Waals surface area contributed by atoms with E-state index in [0.717, 1.165) is 12.0 Å². The number of carbonyl (C=O) groups is 4. The number of hydrogen-bond donors (Lipinski definition) is 2. The van der Waals surface area contributed by atoms with Crippen LogP contribution in [0.2, 0.25) is 0 Å². The number of ether oxygens (including phenoxy) is 1. The molecular weight excluding hydrogens is 232 g/mol. The Bertz CT molecular complexity index is 409. The first kappa shape index (κ1) is 12.9. The zero-order chi connectivity index (χ0) is 13.4. The number of amides is 6. The summed E-state index contributed by atoms with van der Waals surface area (Å²) < 4.78 is 4.82. The number of carbonyl (C=O) groups excluding carboxylic acids is 4. The highest BCUT2D eigenvalue weighted by molar-refractivity contribution is 6.20. The number of nitrogens with two attached hydrogens (primary N) is 1. The zero-order valence-electron chi connectivity index (χ0n) is 9.51. The Morgan fingerprint density at radius 1 is 1.35 bits per heavy atom. The molecule has 0 saturated carbocycles. The van der Waals surface area contributed by atoms with E-state index in [4.69, 9.17) is 10.5 Å². The lowest BCUT2D eigenvalue weighted by atomic mass is 10.2. The predicted molar refractivity (Wildman–Crippen MR) is 53.4 cm³/mol. The predicted octanol–water partition coefficient (Wildman–Crippen LogP) is -1.95. The van der Waals surface area contributed by atoms with E-state index in [0.29, 0.717) is 4.90 Å². The van der Waals surface area contributed by atoms with Crippen LogP contribution in [-0.4, -0.2) is 60.6 Å². The van der Waals surface area contributed by atoms with Gasteiger partial charge in [0.1, 0.15) is 0 Å². The molecule has 0 aromatic rings. The quantitative estimate of drug-likeness (QED) is 0.431. The van der Waals surface area contributed by atoms with Crippen LogP contribution >= 0.6 is 0 Å². The fraction of sp³-hybridized carbons (Fsp3) is 0.500. The number of hydrogen-bond acceptors (Lipinski definition) is 5. The van der Waals surface area contributed by atoms with Crippen molar-refractivity contribution < 1.29 is 23.9 Å². The molecule has 1 heterocycles. The first-order chi connectivity index (χ1) is 7.78. The number of primary amides is 1. The van der Waals surface area contributed by atoms with Crippen molar-refractivity contribution in [2.75, 3.05) is 21.2 Å². The maximum Gasteiger partial charge on any atom is 0.329 e. The van der Waals surface area contributed by atoms with Gasteiger partial charge in [-0.1, -0.05) is 0 Å². The third-order valence-electron chi connectivity index (χ3n) is 2.48. The molecule has 0 aromatic heterocycles. The lowest BCUT2D eigenvalue weighted by molar-refractivity contribution is -0.169. The Morgan fingerprint density at radius 3 is 2.18 bits per heavy atom. The van der Waals surface area contributed by atoms with Crippen molar-refractivity contribution in [3.05, 3.63) is 0 Å². The summed E-state index contributed by atoms with van der Waals surface area (Å²) in [5.41, 5.74) is 2.59. The number of nitrogens with one attached hydrogen (secondary N) is 1. The number of imide groups is 2. The summed E-state index contributed by atoms with van der Waals surface area (Å²) in [6, 6.07) is -1.87. The average molecular weight is 244 g/mol. The molecule has 0 aliphatic carbocycles. The molecule has 1 unspecified atom stereocenters. The van der Waals surface area contributed by atoms with E-state index in [1.54, 1.807) is 5.32 Å². The number of rotatable bonds is 2. The minimum atomic E-state index is -2.19. The molecule has 1 rings (SSSR count). The second-order valence-corrected chi connectivity index (χ2v) is 3.37. The Kier molecular flexibility index (Phi) is 3.05. The van der Waals surface area contributed by atoms with Crippen LogP contribution < -0.4 is 11.1 Å². The number of urea groups is 2. The number of methoxy groups -OCH3 is 1. The highest BCUT2D eigenvalue weighted by Gasteiger charge is 2.61. The highest BCUT2D eigenvalue weighted by atomic mass is 16.5. The lowest BCUT2D eigenvalue weighted by Gasteiger charge is -2.28. The molecule has 0 bridgehead atoms. The van der Waals surface area contributed by atoms with Crippen LogP contribution in [0.3, 0.4) is 0 Å². The molecule has 6 amide bonds. The van der Waals surface area contributed by atoms with Crippen molar-refractivity contribution in [2.45, 2.75) is 5.72 Å². The van der Waals surface area contributed by atoms with Crippen molar-refractivity contribution in [1.82, 2.24) is 15.1 Å². The fourth-order valence-electron chi connectivity index (χ4n) is 1.58. The minimum Gasteiger partial charge on any atom is -0.351 e. The minimum absolute atomic E-state index is 0.712. The largest absolute Gasteiger partial charge is 0.351 e. The monoisotopic (exact) mass is 244 g/mol. The molecule has 94 valence electrons. The average Bonchev–Trinajstić information content (AvgIpc) is 2.41. The van der Waals surface area contributed by atoms with E-state index in [1.807, 2.05) is 0 Å². The van der Waals surface area contributed by atoms with Crippen LogP contribution in [0.1, 0.15) is 0 Å². The fourth-order valence-corrected chi connectivity index (χ4v) is 1.58. The van der Waals surface area contributed by atoms with Crippen molar-refractivity contribution >= 4 is 23.9 Å². The standard InChI is InChI=1S/C8H12N4O5/c1-11-5(14)8(17-3,12(2)7(11)16)4(13)10-6(9)15/h1-3H3,(H3,9,10,13,15). The Balaban J connectivity index is 3.20. The van der Waals surface area contributed by atoms with Crippen molar-refractivity contribution in [3.63, 3.8) is 0 Å². The van der Waals surface area contributed by atoms with Crippen LogP contribution in [0.5, 0.6) is 0 Å². The van der Waals surface area contributed by atoms with Gasteiger partial charge in [0.25, 0.3) is 11.8 Å². The van der Waals surface area contributed by atoms with E-state index in [-0.39, 0.29) is 0 Å². The number of likely N-dealkylation sites (N-methyl/N-ethyl adjacent to an activating group) is 2. The summed E-state index contributed by atoms with van der Waals surface area (Å²) in [6.07, 6.45) is 0. The lowest BCUT2D eigenvalue weighted by Crippen LogP contribution is -2.61. The molecule has 1 saturated heterocycles. The second kappa shape index (κ2) is 4.01. The molecule has 1 fully saturated rings. The molecular formula is C8H12N4O5. The van der Waals surface area contributed by atoms with Gasteiger partial charge in [-0.15, -0.1) is 0 Å². The molecule has 1 atom stereocenters. The van der Waals surface area contributed by atoms with Gasteiger partial charge in [-0.2, -0.15) is 0 Å². The maximum atomic E-state index is 11.8. The van der Waals surface area contributed by atoms with Gasteiger partial charge in [-0.3, -0.25) is 24.7 Å². The zero-order valence-corrected chi connectivity index (χ0v) is 9.51. The van der Waals surface area contributed by atoms with Crippen molar-refractivity contribution in [1.29, 1.82) is 0 Å². The first-order valence-corrected chi connectivity index (χ1v) is 4.51. The Labute approximate surface area is 96.5 Å². The number of nitrogens with zero attached hydrogens (tertiary/aromatic N) is 2. The molecule has 17 heavy (non-hydrogen) atoms. The summed E-state index contributed by atoms with van der Waals surface area (Å²) in [5, 5.41) is 1.71. The maximum absolute atomic E-state index is 11.8. The van der Waals surface area contributed by atoms with E-state index >= 15 is 0 Å². The van der Waals surface area contributed by atoms with E-state index < -0.39 is 29.6 Å². The van der Waals surface area contributed by atoms with Gasteiger partial charge >= 0.3 is 17.8 Å². The van der Waals surface area contributed by atoms with Crippen LogP contribution in [0.15, 0.2) is 0 Å². The normalized spacial score (nSPS) is 24.2. The molecule has 0 aromatic carbocycles. The summed E-state index contributed by atoms with van der Waals surface area (Å²) >= 11 is 0. The Morgan fingerprint density at radius 2 is 1.88 bits per heavy atom. The van der Waals surface area contributed by atoms with Gasteiger partial charge in [0.05, 0.1) is 0 Å². The van der Waals surface area contributed by atoms with E-state index in [2.05, 4.69) is 0 Å². The van der Waals surface area contributed by atoms with Crippen molar-refractivity contribution in [2.24, 2.45) is 5.73 Å². The topological polar surface area (TPSA) is 122 Å². The van der Waals surface area contributed by atoms with Gasteiger partial charge in [0.2, 0.25) is 0 Å². The van der Waals surface area contributed by atoms with Gasteiger partial charge in [-0.25, -0.2) is 9.59 Å². The molecule has 9 nitrogen and oxygen atoms in total. The van der Waals surface area contributed by atoms with Crippen LogP contribution in [0.25, 0.3) is 0 Å². The van der Waals surface area contributed by atoms with Crippen LogP contribution in [0, 0.1) is 0 Å². The molecule has 9 heteroatoms. The third kappa shape index (κ3) is 1.60. The molecule has 0 radical (unpaired) electrons. The first-order valence-electron chi connectivity index (χ1n) is 4.51. The second-order valence-electron chi connectivity index (χ2n) is 3.37. The molecule has 3 N–H and O–H groups in total. The van der Waals surface area contributed by atoms with E-state index in [9.17, 15) is 19.2 Å². The summed E-state index contributed by atoms with van der Waals surface area (Å²) in [6.45, 7) is 0. The summed E-state index contributed by atoms with van der Waals surface area (Å²) in [7, 11) is 3.47. The SMILES string of the molecule is COC1(C(=O)NC(N)=O)C(=O)N(C)C(=O)N1C. The van der Waals surface area contributed by atoms with Crippen LogP contribution in [0.4, 0.5) is 9.59 Å². The Hall–Kier alpha value is -2.16. The molecule has 0 spiro atoms. The third-order valence-corrected chi connectivity index (χ3v) is 2.48. The van der Waals surface area contributed by atoms with Gasteiger partial charge < -0.3 is 10.5 Å². The molecule has 1 aliphatic rings. The highest BCUT2D eigenvalue weighted by Crippen LogP contribution is 2.26. The van der Waals surface area contributed by atoms with Crippen molar-refractivity contribution in [3.8, 4) is 0 Å². The van der Waals surface area contributed by atoms with E-state index in [1.165, 1.54) is 14.1 Å². The van der Waals surface area contributed by atoms with Gasteiger partial charge in [0.15, 0.2) is 0 Å². The smallest absolute Gasteiger partial charge is 0.329 e. The van der Waals surface area contributed by atoms with Gasteiger partial charge in [0, 0.05) is 21.2 Å². The van der Waals surface area contributed by atoms with Crippen LogP contribution in [-0.2, 0) is 14.3 Å². The summed E-state index contributed by atoms with van der Waals surface area (Å²) in [5.74, 6) is -2.01. The molecule has 1 aliphatic heterocycles. The summed E-state index contributed by atoms with van der Waals surface area (Å²) in [4.78, 5) is 47.2. The van der Waals surface area contributed by atoms with Gasteiger partial charge in [-0.05, 0) is 0 Å².